The van der Waals surface area contributed by atoms with Crippen molar-refractivity contribution in [3.63, 3.8) is 0 Å². The molecule has 13 heavy (non-hydrogen) atoms. The molecule has 0 saturated carbocycles. The number of benzene rings is 1. The van der Waals surface area contributed by atoms with Crippen molar-refractivity contribution in [1.82, 2.24) is 0 Å². The van der Waals surface area contributed by atoms with Crippen LogP contribution in [0, 0.1) is 5.82 Å². The van der Waals surface area contributed by atoms with E-state index >= 15 is 0 Å². The predicted molar refractivity (Wildman–Crippen MR) is 52.3 cm³/mol. The molecule has 1 heteroatoms. The summed E-state index contributed by atoms with van der Waals surface area (Å²) < 4.78 is 13.7. The van der Waals surface area contributed by atoms with Gasteiger partial charge in [0, 0.05) is 0 Å². The predicted octanol–water partition coefficient (Wildman–Crippen LogP) is 3.48. The largest absolute Gasteiger partial charge is 0.206 e. The molecule has 0 unspecified atom stereocenters. The van der Waals surface area contributed by atoms with Gasteiger partial charge in [0.2, 0.25) is 0 Å². The minimum Gasteiger partial charge on any atom is -0.206 e. The molecule has 0 radical (unpaired) electrons. The van der Waals surface area contributed by atoms with Gasteiger partial charge in [0.1, 0.15) is 5.82 Å². The van der Waals surface area contributed by atoms with Crippen molar-refractivity contribution in [2.24, 2.45) is 0 Å². The summed E-state index contributed by atoms with van der Waals surface area (Å²) in [6.07, 6.45) is 6.61. The van der Waals surface area contributed by atoms with Crippen LogP contribution >= 0.6 is 0 Å². The van der Waals surface area contributed by atoms with Crippen molar-refractivity contribution in [2.75, 3.05) is 0 Å². The van der Waals surface area contributed by atoms with E-state index in [2.05, 4.69) is 0 Å². The normalized spacial score (nSPS) is 17.3. The molecule has 0 heterocycles. The number of rotatable bonds is 0. The number of hydrogen-bond acceptors (Lipinski definition) is 0. The molecule has 0 N–H and O–H groups in total. The first kappa shape index (κ1) is 8.74. The molecule has 0 aromatic heterocycles. The van der Waals surface area contributed by atoms with Gasteiger partial charge in [0.25, 0.3) is 0 Å². The van der Waals surface area contributed by atoms with E-state index in [4.69, 9.17) is 0 Å². The van der Waals surface area contributed by atoms with Gasteiger partial charge in [0.15, 0.2) is 0 Å². The van der Waals surface area contributed by atoms with Crippen LogP contribution in [0.25, 0.3) is 0 Å². The molecular formula is C12H15F. The van der Waals surface area contributed by atoms with Gasteiger partial charge in [-0.2, -0.15) is 0 Å². The van der Waals surface area contributed by atoms with Gasteiger partial charge in [-0.05, 0) is 36.8 Å². The van der Waals surface area contributed by atoms with Crippen molar-refractivity contribution in [3.05, 3.63) is 35.1 Å². The van der Waals surface area contributed by atoms with Crippen LogP contribution in [-0.4, -0.2) is 0 Å². The molecule has 0 saturated heterocycles. The SMILES string of the molecule is Fc1c2cccc1CCCCCC2. The van der Waals surface area contributed by atoms with Gasteiger partial charge in [0.05, 0.1) is 0 Å². The minimum absolute atomic E-state index is 0.0596. The fraction of sp³-hybridized carbons (Fsp3) is 0.500. The summed E-state index contributed by atoms with van der Waals surface area (Å²) >= 11 is 0. The molecule has 0 nitrogen and oxygen atoms in total. The van der Waals surface area contributed by atoms with Crippen molar-refractivity contribution >= 4 is 0 Å². The van der Waals surface area contributed by atoms with Crippen molar-refractivity contribution in [1.29, 1.82) is 0 Å². The summed E-state index contributed by atoms with van der Waals surface area (Å²) in [4.78, 5) is 0. The topological polar surface area (TPSA) is 0 Å². The lowest BCUT2D eigenvalue weighted by Gasteiger charge is -2.04. The van der Waals surface area contributed by atoms with Crippen molar-refractivity contribution < 1.29 is 4.39 Å². The number of aryl methyl sites for hydroxylation is 2. The summed E-state index contributed by atoms with van der Waals surface area (Å²) in [6, 6.07) is 5.83. The zero-order valence-corrected chi connectivity index (χ0v) is 7.85. The van der Waals surface area contributed by atoms with Crippen molar-refractivity contribution in [3.8, 4) is 0 Å². The highest BCUT2D eigenvalue weighted by atomic mass is 19.1. The first-order valence-electron chi connectivity index (χ1n) is 5.14. The number of fused-ring (bicyclic) bond motifs is 2. The number of halogens is 1. The van der Waals surface area contributed by atoms with Crippen LogP contribution in [0.5, 0.6) is 0 Å². The Bertz CT molecular complexity index is 265. The highest BCUT2D eigenvalue weighted by Crippen LogP contribution is 2.20. The molecular weight excluding hydrogens is 163 g/mol. The van der Waals surface area contributed by atoms with E-state index in [1.165, 1.54) is 12.8 Å². The van der Waals surface area contributed by atoms with E-state index in [1.54, 1.807) is 0 Å². The second-order valence-corrected chi connectivity index (χ2v) is 3.80. The Kier molecular flexibility index (Phi) is 2.62. The van der Waals surface area contributed by atoms with Crippen LogP contribution in [0.2, 0.25) is 0 Å². The van der Waals surface area contributed by atoms with Gasteiger partial charge in [-0.15, -0.1) is 0 Å². The molecule has 2 bridgehead atoms. The van der Waals surface area contributed by atoms with E-state index in [0.29, 0.717) is 0 Å². The molecule has 0 aliphatic heterocycles. The lowest BCUT2D eigenvalue weighted by Crippen LogP contribution is -1.94. The number of hydrogen-bond donors (Lipinski definition) is 0. The van der Waals surface area contributed by atoms with Crippen LogP contribution < -0.4 is 0 Å². The molecule has 1 aliphatic carbocycles. The van der Waals surface area contributed by atoms with E-state index in [0.717, 1.165) is 36.8 Å². The Hall–Kier alpha value is -0.850. The summed E-state index contributed by atoms with van der Waals surface area (Å²) in [7, 11) is 0. The lowest BCUT2D eigenvalue weighted by molar-refractivity contribution is 0.592. The average molecular weight is 178 g/mol. The summed E-state index contributed by atoms with van der Waals surface area (Å²) in [5, 5.41) is 0. The fourth-order valence-corrected chi connectivity index (χ4v) is 2.00. The Balaban J connectivity index is 2.33. The monoisotopic (exact) mass is 178 g/mol. The molecule has 2 rings (SSSR count). The van der Waals surface area contributed by atoms with Gasteiger partial charge < -0.3 is 0 Å². The van der Waals surface area contributed by atoms with Gasteiger partial charge in [-0.25, -0.2) is 4.39 Å². The van der Waals surface area contributed by atoms with Crippen LogP contribution in [0.15, 0.2) is 18.2 Å². The van der Waals surface area contributed by atoms with E-state index < -0.39 is 0 Å². The second kappa shape index (κ2) is 3.91. The Labute approximate surface area is 78.8 Å². The molecule has 0 fully saturated rings. The maximum Gasteiger partial charge on any atom is 0.129 e. The second-order valence-electron chi connectivity index (χ2n) is 3.80. The Morgan fingerprint density at radius 3 is 1.92 bits per heavy atom. The lowest BCUT2D eigenvalue weighted by atomic mass is 10.0. The Morgan fingerprint density at radius 2 is 1.38 bits per heavy atom. The molecule has 0 atom stereocenters. The quantitative estimate of drug-likeness (QED) is 0.570. The van der Waals surface area contributed by atoms with E-state index in [-0.39, 0.29) is 5.82 Å². The molecule has 70 valence electrons. The van der Waals surface area contributed by atoms with Crippen LogP contribution in [0.3, 0.4) is 0 Å². The summed E-state index contributed by atoms with van der Waals surface area (Å²) in [5.41, 5.74) is 1.83. The van der Waals surface area contributed by atoms with Gasteiger partial charge in [-0.3, -0.25) is 0 Å². The summed E-state index contributed by atoms with van der Waals surface area (Å²) in [6.45, 7) is 0. The molecule has 1 aromatic rings. The maximum atomic E-state index is 13.7. The third kappa shape index (κ3) is 1.90. The summed E-state index contributed by atoms with van der Waals surface area (Å²) in [5.74, 6) is 0.0596. The third-order valence-electron chi connectivity index (χ3n) is 2.80. The minimum atomic E-state index is 0.0596. The smallest absolute Gasteiger partial charge is 0.129 e. The third-order valence-corrected chi connectivity index (χ3v) is 2.80. The average Bonchev–Trinajstić information content (AvgIpc) is 2.21. The zero-order chi connectivity index (χ0) is 9.10. The van der Waals surface area contributed by atoms with Crippen molar-refractivity contribution in [2.45, 2.75) is 38.5 Å². The van der Waals surface area contributed by atoms with Crippen LogP contribution in [0.1, 0.15) is 36.8 Å². The van der Waals surface area contributed by atoms with Crippen LogP contribution in [0.4, 0.5) is 4.39 Å². The van der Waals surface area contributed by atoms with Gasteiger partial charge in [-0.1, -0.05) is 31.0 Å². The Morgan fingerprint density at radius 1 is 0.846 bits per heavy atom. The standard InChI is InChI=1S/C12H15F/c13-12-10-6-3-1-2-4-7-11(12)9-5-8-10/h5,8-9H,1-4,6-7H2. The first-order chi connectivity index (χ1) is 6.38. The highest BCUT2D eigenvalue weighted by Gasteiger charge is 2.09. The molecule has 0 spiro atoms. The zero-order valence-electron chi connectivity index (χ0n) is 7.85. The van der Waals surface area contributed by atoms with E-state index in [1.807, 2.05) is 18.2 Å². The van der Waals surface area contributed by atoms with E-state index in [9.17, 15) is 4.39 Å². The van der Waals surface area contributed by atoms with Crippen LogP contribution in [-0.2, 0) is 12.8 Å². The molecule has 1 aliphatic rings. The fourth-order valence-electron chi connectivity index (χ4n) is 2.00. The molecule has 1 aromatic carbocycles. The first-order valence-corrected chi connectivity index (χ1v) is 5.14. The maximum absolute atomic E-state index is 13.7. The van der Waals surface area contributed by atoms with Gasteiger partial charge >= 0.3 is 0 Å². The molecule has 0 amide bonds. The highest BCUT2D eigenvalue weighted by molar-refractivity contribution is 5.26.